The highest BCUT2D eigenvalue weighted by Gasteiger charge is 2.43. The Hall–Kier alpha value is -4.13. The summed E-state index contributed by atoms with van der Waals surface area (Å²) in [7, 11) is 1.50. The Balaban J connectivity index is 1.19. The number of anilines is 1. The van der Waals surface area contributed by atoms with Gasteiger partial charge in [0.25, 0.3) is 0 Å². The fourth-order valence-corrected chi connectivity index (χ4v) is 5.50. The van der Waals surface area contributed by atoms with Gasteiger partial charge < -0.3 is 15.0 Å². The number of benzene rings is 1. The minimum atomic E-state index is -4.52. The van der Waals surface area contributed by atoms with E-state index in [1.165, 1.54) is 28.9 Å². The first kappa shape index (κ1) is 25.8. The number of aromatic nitrogens is 6. The van der Waals surface area contributed by atoms with Crippen molar-refractivity contribution < 1.29 is 17.9 Å². The maximum absolute atomic E-state index is 13.4. The number of H-pyrrole nitrogens is 1. The van der Waals surface area contributed by atoms with Gasteiger partial charge in [0, 0.05) is 17.5 Å². The van der Waals surface area contributed by atoms with Gasteiger partial charge in [0.1, 0.15) is 17.8 Å². The molecule has 0 spiro atoms. The summed E-state index contributed by atoms with van der Waals surface area (Å²) >= 11 is 7.05. The van der Waals surface area contributed by atoms with E-state index in [9.17, 15) is 18.0 Å². The first-order valence-electron chi connectivity index (χ1n) is 13.2. The number of nitrogens with one attached hydrogen (secondary N) is 2. The highest BCUT2D eigenvalue weighted by atomic mass is 35.5. The molecule has 0 amide bonds. The number of ether oxygens (including phenoxy) is 1. The SMILES string of the molecule is COc1ncnc(C2CC2)c1C1(Cl)N=Cc2[nH]c(=O)n(Cc3ccc(-n4nc(C(F)(F)F)cc4C4CC4)cc3)c2N1. The molecule has 0 radical (unpaired) electrons. The van der Waals surface area contributed by atoms with Crippen molar-refractivity contribution in [2.24, 2.45) is 4.99 Å². The summed E-state index contributed by atoms with van der Waals surface area (Å²) in [6.07, 6.45) is 2.03. The maximum Gasteiger partial charge on any atom is 0.435 e. The summed E-state index contributed by atoms with van der Waals surface area (Å²) in [6, 6.07) is 8.05. The van der Waals surface area contributed by atoms with Gasteiger partial charge in [0.15, 0.2) is 5.69 Å². The summed E-state index contributed by atoms with van der Waals surface area (Å²) < 4.78 is 48.4. The van der Waals surface area contributed by atoms with Crippen LogP contribution in [0.5, 0.6) is 5.88 Å². The van der Waals surface area contributed by atoms with Crippen LogP contribution in [0, 0.1) is 0 Å². The molecule has 1 unspecified atom stereocenters. The number of alkyl halides is 4. The van der Waals surface area contributed by atoms with Crippen LogP contribution in [-0.4, -0.2) is 42.6 Å². The van der Waals surface area contributed by atoms with E-state index in [2.05, 4.69) is 30.4 Å². The molecule has 0 saturated heterocycles. The molecule has 212 valence electrons. The molecule has 1 aromatic carbocycles. The van der Waals surface area contributed by atoms with E-state index in [0.717, 1.165) is 43.0 Å². The third-order valence-corrected chi connectivity index (χ3v) is 7.92. The lowest BCUT2D eigenvalue weighted by Crippen LogP contribution is -2.34. The third kappa shape index (κ3) is 4.57. The van der Waals surface area contributed by atoms with Crippen LogP contribution >= 0.6 is 11.6 Å². The fraction of sp³-hybridized carbons (Fsp3) is 0.370. The van der Waals surface area contributed by atoms with E-state index < -0.39 is 17.0 Å². The first-order chi connectivity index (χ1) is 19.6. The van der Waals surface area contributed by atoms with Gasteiger partial charge in [-0.1, -0.05) is 23.7 Å². The van der Waals surface area contributed by atoms with Crippen LogP contribution in [0.2, 0.25) is 0 Å². The molecule has 41 heavy (non-hydrogen) atoms. The Morgan fingerprint density at radius 3 is 2.51 bits per heavy atom. The molecule has 1 aliphatic heterocycles. The molecule has 2 aliphatic carbocycles. The van der Waals surface area contributed by atoms with Gasteiger partial charge in [-0.15, -0.1) is 0 Å². The second-order valence-electron chi connectivity index (χ2n) is 10.5. The number of rotatable bonds is 7. The van der Waals surface area contributed by atoms with Crippen molar-refractivity contribution in [3.05, 3.63) is 81.0 Å². The molecular formula is C27H24ClF3N8O2. The fourth-order valence-electron chi connectivity index (χ4n) is 5.19. The van der Waals surface area contributed by atoms with E-state index >= 15 is 0 Å². The summed E-state index contributed by atoms with van der Waals surface area (Å²) in [5, 5.41) is 5.53. The predicted molar refractivity (Wildman–Crippen MR) is 144 cm³/mol. The van der Waals surface area contributed by atoms with Crippen molar-refractivity contribution in [3.63, 3.8) is 0 Å². The molecule has 3 aliphatic rings. The number of aliphatic imine (C=N–C) groups is 1. The molecule has 2 N–H and O–H groups in total. The summed E-state index contributed by atoms with van der Waals surface area (Å²) in [5.41, 5.74) is 2.24. The topological polar surface area (TPSA) is 115 Å². The van der Waals surface area contributed by atoms with Gasteiger partial charge in [-0.25, -0.2) is 24.4 Å². The zero-order valence-corrected chi connectivity index (χ0v) is 22.5. The Morgan fingerprint density at radius 1 is 1.12 bits per heavy atom. The number of aromatic amines is 1. The molecule has 10 nitrogen and oxygen atoms in total. The van der Waals surface area contributed by atoms with Gasteiger partial charge >= 0.3 is 11.9 Å². The zero-order chi connectivity index (χ0) is 28.5. The molecule has 1 atom stereocenters. The molecule has 7 rings (SSSR count). The second kappa shape index (κ2) is 9.20. The Labute approximate surface area is 236 Å². The van der Waals surface area contributed by atoms with Crippen molar-refractivity contribution in [2.45, 2.75) is 55.4 Å². The predicted octanol–water partition coefficient (Wildman–Crippen LogP) is 4.88. The highest BCUT2D eigenvalue weighted by Crippen LogP contribution is 2.48. The normalized spacial score (nSPS) is 20.1. The van der Waals surface area contributed by atoms with Gasteiger partial charge in [-0.2, -0.15) is 18.3 Å². The lowest BCUT2D eigenvalue weighted by atomic mass is 10.1. The van der Waals surface area contributed by atoms with Crippen LogP contribution in [0.3, 0.4) is 0 Å². The molecule has 3 aromatic heterocycles. The van der Waals surface area contributed by atoms with Gasteiger partial charge in [-0.3, -0.25) is 4.57 Å². The lowest BCUT2D eigenvalue weighted by molar-refractivity contribution is -0.141. The largest absolute Gasteiger partial charge is 0.481 e. The number of hydrogen-bond acceptors (Lipinski definition) is 7. The highest BCUT2D eigenvalue weighted by molar-refractivity contribution is 6.26. The molecule has 4 heterocycles. The Morgan fingerprint density at radius 2 is 1.85 bits per heavy atom. The van der Waals surface area contributed by atoms with Gasteiger partial charge in [-0.05, 0) is 49.4 Å². The van der Waals surface area contributed by atoms with E-state index in [-0.39, 0.29) is 24.1 Å². The van der Waals surface area contributed by atoms with Crippen molar-refractivity contribution in [3.8, 4) is 11.6 Å². The van der Waals surface area contributed by atoms with Crippen LogP contribution in [0.15, 0.2) is 46.4 Å². The van der Waals surface area contributed by atoms with E-state index in [4.69, 9.17) is 16.3 Å². The monoisotopic (exact) mass is 584 g/mol. The number of nitrogens with zero attached hydrogens (tertiary/aromatic N) is 6. The third-order valence-electron chi connectivity index (χ3n) is 7.54. The first-order valence-corrected chi connectivity index (χ1v) is 13.5. The lowest BCUT2D eigenvalue weighted by Gasteiger charge is -2.30. The van der Waals surface area contributed by atoms with E-state index in [1.807, 2.05) is 0 Å². The summed E-state index contributed by atoms with van der Waals surface area (Å²) in [6.45, 7) is 0.166. The van der Waals surface area contributed by atoms with Gasteiger partial charge in [0.05, 0.1) is 36.8 Å². The van der Waals surface area contributed by atoms with Crippen molar-refractivity contribution >= 4 is 23.6 Å². The minimum absolute atomic E-state index is 0.0702. The molecule has 2 saturated carbocycles. The Kier molecular flexibility index (Phi) is 5.79. The van der Waals surface area contributed by atoms with E-state index in [1.54, 1.807) is 24.3 Å². The quantitative estimate of drug-likeness (QED) is 0.236. The van der Waals surface area contributed by atoms with Crippen molar-refractivity contribution in [2.75, 3.05) is 12.4 Å². The number of imidazole rings is 1. The van der Waals surface area contributed by atoms with Crippen molar-refractivity contribution in [1.29, 1.82) is 0 Å². The number of methoxy groups -OCH3 is 1. The average Bonchev–Trinajstić information content (AvgIpc) is 3.89. The number of halogens is 4. The molecule has 2 fully saturated rings. The smallest absolute Gasteiger partial charge is 0.435 e. The van der Waals surface area contributed by atoms with Crippen LogP contribution in [0.25, 0.3) is 5.69 Å². The minimum Gasteiger partial charge on any atom is -0.481 e. The molecule has 4 aromatic rings. The molecular weight excluding hydrogens is 561 g/mol. The maximum atomic E-state index is 13.4. The van der Waals surface area contributed by atoms with Crippen LogP contribution < -0.4 is 15.7 Å². The van der Waals surface area contributed by atoms with E-state index in [0.29, 0.717) is 34.3 Å². The van der Waals surface area contributed by atoms with Crippen LogP contribution in [0.4, 0.5) is 19.0 Å². The van der Waals surface area contributed by atoms with Crippen LogP contribution in [-0.2, 0) is 17.8 Å². The second-order valence-corrected chi connectivity index (χ2v) is 11.1. The summed E-state index contributed by atoms with van der Waals surface area (Å²) in [4.78, 5) is 28.9. The van der Waals surface area contributed by atoms with Crippen LogP contribution in [0.1, 0.15) is 71.4 Å². The number of hydrogen-bond donors (Lipinski definition) is 2. The molecule has 0 bridgehead atoms. The number of fused-ring (bicyclic) bond motifs is 1. The average molecular weight is 585 g/mol. The molecule has 14 heteroatoms. The Bertz CT molecular complexity index is 1730. The standard InChI is InChI=1S/C27H24ClF3N8O2/c1-41-24-21(22(16-6-7-16)32-13-33-24)26(28)34-11-18-23(36-26)38(25(40)35-18)12-14-2-8-17(9-3-14)39-19(15-4-5-15)10-20(37-39)27(29,30)31/h2-3,8-11,13,15-16,36H,4-7,12H2,1H3,(H,35,40). The van der Waals surface area contributed by atoms with Crippen molar-refractivity contribution in [1.82, 2.24) is 29.3 Å². The summed E-state index contributed by atoms with van der Waals surface area (Å²) in [5.74, 6) is 1.02. The zero-order valence-electron chi connectivity index (χ0n) is 21.7. The van der Waals surface area contributed by atoms with Gasteiger partial charge in [0.2, 0.25) is 11.0 Å².